The van der Waals surface area contributed by atoms with E-state index in [0.717, 1.165) is 17.2 Å². The summed E-state index contributed by atoms with van der Waals surface area (Å²) in [7, 11) is -0.764. The van der Waals surface area contributed by atoms with Crippen LogP contribution in [0.4, 0.5) is 0 Å². The Labute approximate surface area is 104 Å². The van der Waals surface area contributed by atoms with Crippen LogP contribution in [0.3, 0.4) is 0 Å². The molecule has 0 aromatic carbocycles. The molecule has 1 heterocycles. The molecule has 0 saturated carbocycles. The summed E-state index contributed by atoms with van der Waals surface area (Å²) in [5.74, 6) is 0. The molecule has 0 spiro atoms. The summed E-state index contributed by atoms with van der Waals surface area (Å²) in [5.41, 5.74) is 1.12. The summed E-state index contributed by atoms with van der Waals surface area (Å²) in [6.45, 7) is 8.99. The molecule has 5 heteroatoms. The van der Waals surface area contributed by atoms with Crippen LogP contribution in [-0.2, 0) is 10.8 Å². The van der Waals surface area contributed by atoms with Gasteiger partial charge in [-0.15, -0.1) is 11.3 Å². The van der Waals surface area contributed by atoms with Gasteiger partial charge in [0.15, 0.2) is 0 Å². The number of hydrogen-bond acceptors (Lipinski definition) is 4. The second kappa shape index (κ2) is 5.89. The minimum atomic E-state index is -0.764. The van der Waals surface area contributed by atoms with Crippen LogP contribution in [0.2, 0.25) is 0 Å². The Morgan fingerprint density at radius 1 is 1.44 bits per heavy atom. The molecule has 0 amide bonds. The fraction of sp³-hybridized carbons (Fsp3) is 0.727. The monoisotopic (exact) mass is 260 g/mol. The highest BCUT2D eigenvalue weighted by atomic mass is 32.2. The molecule has 0 bridgehead atoms. The lowest BCUT2D eigenvalue weighted by molar-refractivity contribution is 0.557. The minimum absolute atomic E-state index is 0.183. The normalized spacial score (nSPS) is 17.1. The fourth-order valence-corrected chi connectivity index (χ4v) is 2.75. The van der Waals surface area contributed by atoms with Crippen LogP contribution in [0, 0.1) is 13.8 Å². The van der Waals surface area contributed by atoms with Crippen LogP contribution in [0.5, 0.6) is 0 Å². The van der Waals surface area contributed by atoms with E-state index in [1.165, 1.54) is 4.88 Å². The Morgan fingerprint density at radius 2 is 2.06 bits per heavy atom. The zero-order valence-electron chi connectivity index (χ0n) is 10.5. The standard InChI is InChI=1S/C11H20N2OS2/c1-7(16(5)14)6-12-8(2)11-9(3)15-10(4)13-11/h7-8,12H,6H2,1-5H3. The van der Waals surface area contributed by atoms with Crippen LogP contribution < -0.4 is 5.32 Å². The molecule has 0 radical (unpaired) electrons. The Hall–Kier alpha value is -0.260. The molecular weight excluding hydrogens is 240 g/mol. The van der Waals surface area contributed by atoms with E-state index < -0.39 is 10.8 Å². The zero-order chi connectivity index (χ0) is 12.3. The largest absolute Gasteiger partial charge is 0.308 e. The van der Waals surface area contributed by atoms with Gasteiger partial charge in [-0.25, -0.2) is 4.98 Å². The molecule has 16 heavy (non-hydrogen) atoms. The van der Waals surface area contributed by atoms with Crippen molar-refractivity contribution in [2.45, 2.75) is 39.0 Å². The molecule has 1 aromatic rings. The molecule has 0 fully saturated rings. The average Bonchev–Trinajstić information content (AvgIpc) is 2.53. The number of rotatable bonds is 5. The maximum atomic E-state index is 11.2. The first kappa shape index (κ1) is 13.8. The molecule has 0 saturated heterocycles. The predicted molar refractivity (Wildman–Crippen MR) is 71.5 cm³/mol. The van der Waals surface area contributed by atoms with Crippen LogP contribution in [0.1, 0.15) is 35.5 Å². The number of hydrogen-bond donors (Lipinski definition) is 1. The van der Waals surface area contributed by atoms with Gasteiger partial charge in [-0.05, 0) is 27.7 Å². The van der Waals surface area contributed by atoms with E-state index in [0.29, 0.717) is 0 Å². The van der Waals surface area contributed by atoms with E-state index in [1.54, 1.807) is 17.6 Å². The van der Waals surface area contributed by atoms with Gasteiger partial charge >= 0.3 is 0 Å². The molecule has 3 nitrogen and oxygen atoms in total. The molecule has 0 aliphatic rings. The first-order chi connectivity index (χ1) is 7.41. The van der Waals surface area contributed by atoms with E-state index in [-0.39, 0.29) is 11.3 Å². The van der Waals surface area contributed by atoms with Crippen molar-refractivity contribution >= 4 is 22.1 Å². The predicted octanol–water partition coefficient (Wildman–Crippen LogP) is 2.18. The van der Waals surface area contributed by atoms with Gasteiger partial charge in [-0.1, -0.05) is 0 Å². The second-order valence-electron chi connectivity index (χ2n) is 4.11. The number of aryl methyl sites for hydroxylation is 2. The third kappa shape index (κ3) is 3.64. The summed E-state index contributed by atoms with van der Waals surface area (Å²) in [5, 5.41) is 4.67. The summed E-state index contributed by atoms with van der Waals surface area (Å²) in [6.07, 6.45) is 1.75. The van der Waals surface area contributed by atoms with Crippen molar-refractivity contribution in [2.75, 3.05) is 12.8 Å². The van der Waals surface area contributed by atoms with Gasteiger partial charge < -0.3 is 5.32 Å². The van der Waals surface area contributed by atoms with Gasteiger partial charge in [0.1, 0.15) is 0 Å². The summed E-state index contributed by atoms with van der Waals surface area (Å²) in [6, 6.07) is 0.232. The van der Waals surface area contributed by atoms with Gasteiger partial charge in [0, 0.05) is 39.8 Å². The van der Waals surface area contributed by atoms with Gasteiger partial charge in [-0.2, -0.15) is 0 Å². The van der Waals surface area contributed by atoms with E-state index in [2.05, 4.69) is 24.1 Å². The van der Waals surface area contributed by atoms with E-state index in [9.17, 15) is 4.21 Å². The Bertz CT molecular complexity index is 376. The van der Waals surface area contributed by atoms with Crippen molar-refractivity contribution in [3.8, 4) is 0 Å². The lowest BCUT2D eigenvalue weighted by Crippen LogP contribution is -2.30. The maximum absolute atomic E-state index is 11.2. The van der Waals surface area contributed by atoms with Gasteiger partial charge in [0.25, 0.3) is 0 Å². The number of nitrogens with zero attached hydrogens (tertiary/aromatic N) is 1. The van der Waals surface area contributed by atoms with Crippen molar-refractivity contribution in [3.63, 3.8) is 0 Å². The van der Waals surface area contributed by atoms with Crippen molar-refractivity contribution in [1.82, 2.24) is 10.3 Å². The van der Waals surface area contributed by atoms with Gasteiger partial charge in [0.05, 0.1) is 10.7 Å². The Balaban J connectivity index is 2.56. The molecule has 1 N–H and O–H groups in total. The quantitative estimate of drug-likeness (QED) is 0.882. The third-order valence-corrected chi connectivity index (χ3v) is 4.83. The topological polar surface area (TPSA) is 42.0 Å². The van der Waals surface area contributed by atoms with Crippen LogP contribution >= 0.6 is 11.3 Å². The van der Waals surface area contributed by atoms with E-state index >= 15 is 0 Å². The van der Waals surface area contributed by atoms with E-state index in [1.807, 2.05) is 13.8 Å². The zero-order valence-corrected chi connectivity index (χ0v) is 12.2. The maximum Gasteiger partial charge on any atom is 0.0900 e. The molecular formula is C11H20N2OS2. The Morgan fingerprint density at radius 3 is 2.50 bits per heavy atom. The van der Waals surface area contributed by atoms with Crippen molar-refractivity contribution < 1.29 is 4.21 Å². The smallest absolute Gasteiger partial charge is 0.0900 e. The number of thiazole rings is 1. The molecule has 3 atom stereocenters. The average molecular weight is 260 g/mol. The molecule has 0 aliphatic heterocycles. The minimum Gasteiger partial charge on any atom is -0.308 e. The number of nitrogens with one attached hydrogen (secondary N) is 1. The lowest BCUT2D eigenvalue weighted by atomic mass is 10.2. The van der Waals surface area contributed by atoms with Crippen LogP contribution in [-0.4, -0.2) is 27.2 Å². The first-order valence-corrected chi connectivity index (χ1v) is 7.85. The highest BCUT2D eigenvalue weighted by Gasteiger charge is 2.14. The lowest BCUT2D eigenvalue weighted by Gasteiger charge is -2.15. The molecule has 92 valence electrons. The second-order valence-corrected chi connectivity index (χ2v) is 7.32. The van der Waals surface area contributed by atoms with Crippen LogP contribution in [0.15, 0.2) is 0 Å². The van der Waals surface area contributed by atoms with E-state index in [4.69, 9.17) is 0 Å². The first-order valence-electron chi connectivity index (χ1n) is 5.41. The summed E-state index contributed by atoms with van der Waals surface area (Å²) < 4.78 is 11.2. The van der Waals surface area contributed by atoms with Crippen molar-refractivity contribution in [1.29, 1.82) is 0 Å². The summed E-state index contributed by atoms with van der Waals surface area (Å²) in [4.78, 5) is 5.78. The van der Waals surface area contributed by atoms with Gasteiger partial charge in [-0.3, -0.25) is 4.21 Å². The molecule has 0 aliphatic carbocycles. The number of aromatic nitrogens is 1. The SMILES string of the molecule is Cc1nc(C(C)NCC(C)S(C)=O)c(C)s1. The highest BCUT2D eigenvalue weighted by molar-refractivity contribution is 7.84. The Kier molecular flexibility index (Phi) is 5.08. The third-order valence-electron chi connectivity index (χ3n) is 2.63. The highest BCUT2D eigenvalue weighted by Crippen LogP contribution is 2.22. The molecule has 1 rings (SSSR count). The summed E-state index contributed by atoms with van der Waals surface area (Å²) >= 11 is 1.73. The molecule has 1 aromatic heterocycles. The van der Waals surface area contributed by atoms with Gasteiger partial charge in [0.2, 0.25) is 0 Å². The fourth-order valence-electron chi connectivity index (χ4n) is 1.50. The van der Waals surface area contributed by atoms with Crippen molar-refractivity contribution in [3.05, 3.63) is 15.6 Å². The van der Waals surface area contributed by atoms with Crippen molar-refractivity contribution in [2.24, 2.45) is 0 Å². The van der Waals surface area contributed by atoms with Crippen LogP contribution in [0.25, 0.3) is 0 Å². The molecule has 3 unspecified atom stereocenters.